The average molecular weight is 456 g/mol. The predicted octanol–water partition coefficient (Wildman–Crippen LogP) is 5.34. The second kappa shape index (κ2) is 9.95. The summed E-state index contributed by atoms with van der Waals surface area (Å²) in [5.41, 5.74) is 10.4. The smallest absolute Gasteiger partial charge is 0.220 e. The number of nitrogens with zero attached hydrogens (tertiary/aromatic N) is 2. The monoisotopic (exact) mass is 455 g/mol. The maximum absolute atomic E-state index is 10.8. The molecule has 1 aromatic heterocycles. The maximum atomic E-state index is 10.8. The molecule has 0 aliphatic rings. The lowest BCUT2D eigenvalue weighted by molar-refractivity contribution is 0.304. The Morgan fingerprint density at radius 1 is 0.941 bits per heavy atom. The maximum Gasteiger partial charge on any atom is 0.220 e. The van der Waals surface area contributed by atoms with Gasteiger partial charge in [-0.15, -0.1) is 0 Å². The number of benzene rings is 3. The first kappa shape index (κ1) is 22.7. The minimum absolute atomic E-state index is 0.0133. The van der Waals surface area contributed by atoms with Crippen LogP contribution in [0.25, 0.3) is 28.5 Å². The van der Waals surface area contributed by atoms with Crippen molar-refractivity contribution in [3.63, 3.8) is 0 Å². The van der Waals surface area contributed by atoms with Crippen molar-refractivity contribution < 1.29 is 19.3 Å². The van der Waals surface area contributed by atoms with Crippen LogP contribution in [0.3, 0.4) is 0 Å². The summed E-state index contributed by atoms with van der Waals surface area (Å²) < 4.78 is 16.6. The third kappa shape index (κ3) is 4.78. The fourth-order valence-corrected chi connectivity index (χ4v) is 3.53. The van der Waals surface area contributed by atoms with E-state index in [1.165, 1.54) is 0 Å². The minimum atomic E-state index is 0.0133. The lowest BCUT2D eigenvalue weighted by atomic mass is 9.99. The summed E-state index contributed by atoms with van der Waals surface area (Å²) in [6.07, 6.45) is 3.41. The van der Waals surface area contributed by atoms with Gasteiger partial charge in [0.15, 0.2) is 11.5 Å². The molecule has 0 aliphatic carbocycles. The van der Waals surface area contributed by atoms with Gasteiger partial charge in [-0.3, -0.25) is 0 Å². The van der Waals surface area contributed by atoms with Gasteiger partial charge in [0.1, 0.15) is 18.1 Å². The summed E-state index contributed by atoms with van der Waals surface area (Å²) in [7, 11) is 3.15. The molecule has 3 N–H and O–H groups in total. The highest BCUT2D eigenvalue weighted by atomic mass is 16.5. The summed E-state index contributed by atoms with van der Waals surface area (Å²) in [6.45, 7) is 4.13. The van der Waals surface area contributed by atoms with Gasteiger partial charge in [-0.2, -0.15) is 0 Å². The van der Waals surface area contributed by atoms with E-state index in [1.807, 2.05) is 36.4 Å². The number of rotatable bonds is 8. The van der Waals surface area contributed by atoms with Crippen molar-refractivity contribution in [2.75, 3.05) is 20.0 Å². The van der Waals surface area contributed by atoms with E-state index in [4.69, 9.17) is 19.9 Å². The molecule has 7 heteroatoms. The molecule has 7 nitrogen and oxygen atoms in total. The molecule has 0 bridgehead atoms. The highest BCUT2D eigenvalue weighted by Gasteiger charge is 2.17. The van der Waals surface area contributed by atoms with Crippen LogP contribution < -0.4 is 19.9 Å². The quantitative estimate of drug-likeness (QED) is 0.370. The molecular formula is C27H25N3O4. The number of nitrogens with two attached hydrogens (primary N) is 1. The highest BCUT2D eigenvalue weighted by Crippen LogP contribution is 2.39. The molecule has 0 aliphatic heterocycles. The van der Waals surface area contributed by atoms with E-state index in [2.05, 4.69) is 16.5 Å². The third-order valence-electron chi connectivity index (χ3n) is 5.35. The first-order chi connectivity index (χ1) is 16.5. The van der Waals surface area contributed by atoms with E-state index in [0.717, 1.165) is 16.7 Å². The summed E-state index contributed by atoms with van der Waals surface area (Å²) in [6, 6.07) is 18.5. The van der Waals surface area contributed by atoms with Gasteiger partial charge in [0.25, 0.3) is 0 Å². The van der Waals surface area contributed by atoms with Crippen molar-refractivity contribution in [3.8, 4) is 45.4 Å². The summed E-state index contributed by atoms with van der Waals surface area (Å²) in [5, 5.41) is 10.8. The van der Waals surface area contributed by atoms with Crippen LogP contribution >= 0.6 is 0 Å². The second-order valence-electron chi connectivity index (χ2n) is 7.47. The van der Waals surface area contributed by atoms with E-state index in [-0.39, 0.29) is 11.7 Å². The van der Waals surface area contributed by atoms with Crippen LogP contribution in [0.4, 0.5) is 5.95 Å². The Bertz CT molecular complexity index is 1320. The Morgan fingerprint density at radius 2 is 1.71 bits per heavy atom. The average Bonchev–Trinajstić information content (AvgIpc) is 2.87. The van der Waals surface area contributed by atoms with Gasteiger partial charge in [-0.1, -0.05) is 43.0 Å². The molecule has 3 aromatic carbocycles. The molecule has 0 radical (unpaired) electrons. The van der Waals surface area contributed by atoms with Crippen LogP contribution in [0.2, 0.25) is 0 Å². The van der Waals surface area contributed by atoms with Gasteiger partial charge in [-0.25, -0.2) is 9.97 Å². The van der Waals surface area contributed by atoms with Crippen molar-refractivity contribution in [3.05, 3.63) is 84.6 Å². The number of phenolic OH excluding ortho intramolecular Hbond substituents is 1. The molecule has 0 amide bonds. The molecule has 0 unspecified atom stereocenters. The predicted molar refractivity (Wildman–Crippen MR) is 133 cm³/mol. The molecule has 0 spiro atoms. The van der Waals surface area contributed by atoms with Gasteiger partial charge in [0, 0.05) is 23.4 Å². The molecule has 1 heterocycles. The number of nitrogen functional groups attached to an aromatic ring is 1. The van der Waals surface area contributed by atoms with E-state index in [9.17, 15) is 5.11 Å². The molecule has 0 saturated heterocycles. The van der Waals surface area contributed by atoms with Crippen LogP contribution in [0.5, 0.6) is 23.0 Å². The SMILES string of the molecule is C=Cc1ccc(COc2ccc(-c3nc(N)ncc3-c3ccc(OC)c(OC)c3)c(O)c2)cc1. The second-order valence-corrected chi connectivity index (χ2v) is 7.47. The van der Waals surface area contributed by atoms with Crippen LogP contribution in [-0.4, -0.2) is 29.3 Å². The minimum Gasteiger partial charge on any atom is -0.507 e. The fraction of sp³-hybridized carbons (Fsp3) is 0.111. The normalized spacial score (nSPS) is 10.5. The molecule has 0 saturated carbocycles. The zero-order valence-electron chi connectivity index (χ0n) is 19.0. The van der Waals surface area contributed by atoms with Gasteiger partial charge in [0.2, 0.25) is 5.95 Å². The number of phenols is 1. The third-order valence-corrected chi connectivity index (χ3v) is 5.35. The Kier molecular flexibility index (Phi) is 6.64. The number of hydrogen-bond donors (Lipinski definition) is 2. The van der Waals surface area contributed by atoms with Crippen LogP contribution in [0.15, 0.2) is 73.4 Å². The summed E-state index contributed by atoms with van der Waals surface area (Å²) in [5.74, 6) is 1.81. The first-order valence-corrected chi connectivity index (χ1v) is 10.5. The molecule has 4 aromatic rings. The van der Waals surface area contributed by atoms with Crippen molar-refractivity contribution in [2.45, 2.75) is 6.61 Å². The summed E-state index contributed by atoms with van der Waals surface area (Å²) in [4.78, 5) is 8.55. The topological polar surface area (TPSA) is 99.7 Å². The van der Waals surface area contributed by atoms with Gasteiger partial charge in [0.05, 0.1) is 19.9 Å². The van der Waals surface area contributed by atoms with E-state index >= 15 is 0 Å². The van der Waals surface area contributed by atoms with Gasteiger partial charge in [-0.05, 0) is 41.0 Å². The van der Waals surface area contributed by atoms with Crippen molar-refractivity contribution in [2.24, 2.45) is 0 Å². The molecule has 0 atom stereocenters. The zero-order valence-corrected chi connectivity index (χ0v) is 19.0. The molecular weight excluding hydrogens is 430 g/mol. The Morgan fingerprint density at radius 3 is 2.38 bits per heavy atom. The molecule has 0 fully saturated rings. The lowest BCUT2D eigenvalue weighted by Gasteiger charge is -2.14. The lowest BCUT2D eigenvalue weighted by Crippen LogP contribution is -2.00. The standard InChI is InChI=1S/C27H25N3O4/c1-4-17-5-7-18(8-6-17)16-34-20-10-11-21(23(31)14-20)26-22(15-29-27(28)30-26)19-9-12-24(32-2)25(13-19)33-3/h4-15,31H,1,16H2,2-3H3,(H2,28,29,30). The van der Waals surface area contributed by atoms with Crippen LogP contribution in [-0.2, 0) is 6.61 Å². The molecule has 34 heavy (non-hydrogen) atoms. The van der Waals surface area contributed by atoms with E-state index in [1.54, 1.807) is 50.8 Å². The molecule has 4 rings (SSSR count). The summed E-state index contributed by atoms with van der Waals surface area (Å²) >= 11 is 0. The Labute approximate surface area is 198 Å². The van der Waals surface area contributed by atoms with Gasteiger partial charge < -0.3 is 25.1 Å². The number of ether oxygens (including phenoxy) is 3. The van der Waals surface area contributed by atoms with Crippen molar-refractivity contribution >= 4 is 12.0 Å². The Balaban J connectivity index is 1.64. The van der Waals surface area contributed by atoms with Crippen molar-refractivity contribution in [1.82, 2.24) is 9.97 Å². The number of anilines is 1. The number of methoxy groups -OCH3 is 2. The Hall–Kier alpha value is -4.52. The number of aromatic hydroxyl groups is 1. The largest absolute Gasteiger partial charge is 0.507 e. The van der Waals surface area contributed by atoms with Crippen LogP contribution in [0.1, 0.15) is 11.1 Å². The van der Waals surface area contributed by atoms with Gasteiger partial charge >= 0.3 is 0 Å². The van der Waals surface area contributed by atoms with E-state index < -0.39 is 0 Å². The number of hydrogen-bond acceptors (Lipinski definition) is 7. The first-order valence-electron chi connectivity index (χ1n) is 10.5. The number of aromatic nitrogens is 2. The van der Waals surface area contributed by atoms with Crippen molar-refractivity contribution in [1.29, 1.82) is 0 Å². The van der Waals surface area contributed by atoms with E-state index in [0.29, 0.717) is 40.7 Å². The fourth-order valence-electron chi connectivity index (χ4n) is 3.53. The van der Waals surface area contributed by atoms with Crippen LogP contribution in [0, 0.1) is 0 Å². The molecule has 172 valence electrons. The highest BCUT2D eigenvalue weighted by molar-refractivity contribution is 5.84. The zero-order chi connectivity index (χ0) is 24.1.